The lowest BCUT2D eigenvalue weighted by molar-refractivity contribution is 0.228. The highest BCUT2D eigenvalue weighted by Crippen LogP contribution is 2.26. The van der Waals surface area contributed by atoms with E-state index in [2.05, 4.69) is 36.9 Å². The molecular weight excluding hydrogens is 356 g/mol. The molecule has 2 aromatic rings. The molecule has 0 amide bonds. The number of hydrogen-bond donors (Lipinski definition) is 0. The highest BCUT2D eigenvalue weighted by Gasteiger charge is 2.23. The average Bonchev–Trinajstić information content (AvgIpc) is 2.61. The number of nitriles is 1. The van der Waals surface area contributed by atoms with Gasteiger partial charge in [0.05, 0.1) is 12.2 Å². The first kappa shape index (κ1) is 15.8. The molecule has 3 rings (SSSR count). The molecule has 0 aliphatic carbocycles. The minimum atomic E-state index is 0.425. The first-order chi connectivity index (χ1) is 11.3. The molecule has 2 aromatic heterocycles. The Morgan fingerprint density at radius 2 is 2.22 bits per heavy atom. The molecule has 118 valence electrons. The molecule has 0 aromatic carbocycles. The molecule has 3 heterocycles. The van der Waals surface area contributed by atoms with Gasteiger partial charge in [-0.15, -0.1) is 0 Å². The van der Waals surface area contributed by atoms with E-state index in [1.807, 2.05) is 18.2 Å². The summed E-state index contributed by atoms with van der Waals surface area (Å²) in [6.07, 6.45) is 7.40. The van der Waals surface area contributed by atoms with Crippen LogP contribution in [0, 0.1) is 17.2 Å². The standard InChI is InChI=1S/C17H17BrN4O/c18-15-8-14(9-19)17(21-10-15)22-7-1-2-13(11-22)12-23-16-3-5-20-6-4-16/h3-6,8,10,13H,1-2,7,11-12H2. The lowest BCUT2D eigenvalue weighted by atomic mass is 9.98. The number of nitrogens with zero attached hydrogens (tertiary/aromatic N) is 4. The average molecular weight is 373 g/mol. The van der Waals surface area contributed by atoms with E-state index in [0.717, 1.165) is 42.0 Å². The van der Waals surface area contributed by atoms with Crippen molar-refractivity contribution in [1.82, 2.24) is 9.97 Å². The first-order valence-corrected chi connectivity index (χ1v) is 8.39. The van der Waals surface area contributed by atoms with Crippen LogP contribution >= 0.6 is 15.9 Å². The van der Waals surface area contributed by atoms with Gasteiger partial charge in [-0.3, -0.25) is 4.98 Å². The van der Waals surface area contributed by atoms with Crippen molar-refractivity contribution in [3.05, 3.63) is 46.8 Å². The fraction of sp³-hybridized carbons (Fsp3) is 0.353. The summed E-state index contributed by atoms with van der Waals surface area (Å²) >= 11 is 3.37. The number of aromatic nitrogens is 2. The largest absolute Gasteiger partial charge is 0.493 e. The van der Waals surface area contributed by atoms with Gasteiger partial charge in [0, 0.05) is 42.1 Å². The SMILES string of the molecule is N#Cc1cc(Br)cnc1N1CCCC(COc2ccncc2)C1. The number of hydrogen-bond acceptors (Lipinski definition) is 5. The highest BCUT2D eigenvalue weighted by atomic mass is 79.9. The van der Waals surface area contributed by atoms with Gasteiger partial charge in [0.1, 0.15) is 17.6 Å². The summed E-state index contributed by atoms with van der Waals surface area (Å²) in [5.74, 6) is 2.04. The van der Waals surface area contributed by atoms with Crippen molar-refractivity contribution in [2.45, 2.75) is 12.8 Å². The molecule has 0 saturated carbocycles. The van der Waals surface area contributed by atoms with Crippen molar-refractivity contribution < 1.29 is 4.74 Å². The molecule has 0 bridgehead atoms. The number of rotatable bonds is 4. The predicted molar refractivity (Wildman–Crippen MR) is 91.3 cm³/mol. The van der Waals surface area contributed by atoms with Crippen LogP contribution in [0.2, 0.25) is 0 Å². The summed E-state index contributed by atoms with van der Waals surface area (Å²) in [5.41, 5.74) is 0.607. The van der Waals surface area contributed by atoms with Gasteiger partial charge in [0.2, 0.25) is 0 Å². The van der Waals surface area contributed by atoms with Gasteiger partial charge < -0.3 is 9.64 Å². The molecular formula is C17H17BrN4O. The van der Waals surface area contributed by atoms with E-state index in [9.17, 15) is 5.26 Å². The third-order valence-corrected chi connectivity index (χ3v) is 4.34. The van der Waals surface area contributed by atoms with Crippen LogP contribution in [0.5, 0.6) is 5.75 Å². The third kappa shape index (κ3) is 3.99. The van der Waals surface area contributed by atoms with E-state index in [1.54, 1.807) is 18.6 Å². The van der Waals surface area contributed by atoms with Crippen LogP contribution in [0.3, 0.4) is 0 Å². The van der Waals surface area contributed by atoms with Gasteiger partial charge in [0.25, 0.3) is 0 Å². The van der Waals surface area contributed by atoms with Gasteiger partial charge in [-0.05, 0) is 47.0 Å². The quantitative estimate of drug-likeness (QED) is 0.822. The van der Waals surface area contributed by atoms with Crippen molar-refractivity contribution in [2.24, 2.45) is 5.92 Å². The van der Waals surface area contributed by atoms with E-state index in [4.69, 9.17) is 4.74 Å². The summed E-state index contributed by atoms with van der Waals surface area (Å²) in [5, 5.41) is 9.32. The van der Waals surface area contributed by atoms with Crippen molar-refractivity contribution in [3.63, 3.8) is 0 Å². The smallest absolute Gasteiger partial charge is 0.146 e. The summed E-state index contributed by atoms with van der Waals surface area (Å²) in [6, 6.07) is 7.78. The van der Waals surface area contributed by atoms with Crippen LogP contribution in [-0.4, -0.2) is 29.7 Å². The first-order valence-electron chi connectivity index (χ1n) is 7.59. The number of piperidine rings is 1. The Balaban J connectivity index is 1.65. The van der Waals surface area contributed by atoms with E-state index < -0.39 is 0 Å². The lowest BCUT2D eigenvalue weighted by Gasteiger charge is -2.33. The molecule has 6 heteroatoms. The van der Waals surface area contributed by atoms with Crippen LogP contribution in [-0.2, 0) is 0 Å². The van der Waals surface area contributed by atoms with Crippen LogP contribution in [0.4, 0.5) is 5.82 Å². The minimum absolute atomic E-state index is 0.425. The summed E-state index contributed by atoms with van der Waals surface area (Å²) in [4.78, 5) is 10.6. The summed E-state index contributed by atoms with van der Waals surface area (Å²) in [6.45, 7) is 2.45. The van der Waals surface area contributed by atoms with E-state index >= 15 is 0 Å². The maximum Gasteiger partial charge on any atom is 0.146 e. The molecule has 1 aliphatic heterocycles. The third-order valence-electron chi connectivity index (χ3n) is 3.91. The monoisotopic (exact) mass is 372 g/mol. The lowest BCUT2D eigenvalue weighted by Crippen LogP contribution is -2.38. The Labute approximate surface area is 144 Å². The van der Waals surface area contributed by atoms with Crippen molar-refractivity contribution >= 4 is 21.7 Å². The number of halogens is 1. The fourth-order valence-electron chi connectivity index (χ4n) is 2.81. The normalized spacial score (nSPS) is 17.6. The van der Waals surface area contributed by atoms with Crippen LogP contribution in [0.25, 0.3) is 0 Å². The Morgan fingerprint density at radius 1 is 1.39 bits per heavy atom. The zero-order valence-corrected chi connectivity index (χ0v) is 14.2. The van der Waals surface area contributed by atoms with E-state index in [0.29, 0.717) is 18.1 Å². The highest BCUT2D eigenvalue weighted by molar-refractivity contribution is 9.10. The zero-order chi connectivity index (χ0) is 16.1. The van der Waals surface area contributed by atoms with E-state index in [1.165, 1.54) is 0 Å². The molecule has 1 saturated heterocycles. The van der Waals surface area contributed by atoms with Crippen molar-refractivity contribution in [3.8, 4) is 11.8 Å². The van der Waals surface area contributed by atoms with Crippen molar-refractivity contribution in [2.75, 3.05) is 24.6 Å². The molecule has 0 spiro atoms. The topological polar surface area (TPSA) is 62.0 Å². The second-order valence-electron chi connectivity index (χ2n) is 5.58. The second-order valence-corrected chi connectivity index (χ2v) is 6.50. The molecule has 1 unspecified atom stereocenters. The van der Waals surface area contributed by atoms with Gasteiger partial charge in [-0.25, -0.2) is 4.98 Å². The molecule has 1 fully saturated rings. The van der Waals surface area contributed by atoms with Gasteiger partial charge in [0.15, 0.2) is 0 Å². The molecule has 1 atom stereocenters. The van der Waals surface area contributed by atoms with Crippen LogP contribution in [0.1, 0.15) is 18.4 Å². The summed E-state index contributed by atoms with van der Waals surface area (Å²) in [7, 11) is 0. The second kappa shape index (κ2) is 7.42. The Morgan fingerprint density at radius 3 is 3.00 bits per heavy atom. The predicted octanol–water partition coefficient (Wildman–Crippen LogP) is 3.41. The number of ether oxygens (including phenoxy) is 1. The van der Waals surface area contributed by atoms with Crippen LogP contribution in [0.15, 0.2) is 41.3 Å². The zero-order valence-electron chi connectivity index (χ0n) is 12.7. The van der Waals surface area contributed by atoms with Gasteiger partial charge in [-0.2, -0.15) is 5.26 Å². The molecule has 5 nitrogen and oxygen atoms in total. The van der Waals surface area contributed by atoms with Gasteiger partial charge in [-0.1, -0.05) is 0 Å². The Kier molecular flexibility index (Phi) is 5.09. The van der Waals surface area contributed by atoms with Crippen molar-refractivity contribution in [1.29, 1.82) is 5.26 Å². The molecule has 1 aliphatic rings. The molecule has 0 radical (unpaired) electrons. The molecule has 0 N–H and O–H groups in total. The Bertz CT molecular complexity index is 701. The fourth-order valence-corrected chi connectivity index (χ4v) is 3.14. The minimum Gasteiger partial charge on any atom is -0.493 e. The number of anilines is 1. The Hall–Kier alpha value is -2.13. The maximum atomic E-state index is 9.32. The van der Waals surface area contributed by atoms with Crippen LogP contribution < -0.4 is 9.64 Å². The van der Waals surface area contributed by atoms with Gasteiger partial charge >= 0.3 is 0 Å². The molecule has 23 heavy (non-hydrogen) atoms. The maximum absolute atomic E-state index is 9.32. The summed E-state index contributed by atoms with van der Waals surface area (Å²) < 4.78 is 6.67. The number of pyridine rings is 2. The van der Waals surface area contributed by atoms with E-state index in [-0.39, 0.29) is 0 Å².